The van der Waals surface area contributed by atoms with E-state index in [-0.39, 0.29) is 12.6 Å². The van der Waals surface area contributed by atoms with E-state index in [0.29, 0.717) is 0 Å². The van der Waals surface area contributed by atoms with Gasteiger partial charge in [0.15, 0.2) is 0 Å². The van der Waals surface area contributed by atoms with Crippen molar-refractivity contribution >= 4 is 27.4 Å². The number of hydrogen-bond donors (Lipinski definition) is 2. The first kappa shape index (κ1) is 23.6. The third-order valence-electron chi connectivity index (χ3n) is 7.33. The molecule has 1 aliphatic heterocycles. The maximum Gasteiger partial charge on any atom is 0.148 e. The zero-order valence-electron chi connectivity index (χ0n) is 20.5. The number of thiophene rings is 1. The van der Waals surface area contributed by atoms with E-state index in [1.165, 1.54) is 48.5 Å². The molecular formula is C29H33N5OS. The average molecular weight is 500 g/mol. The lowest BCUT2D eigenvalue weighted by Crippen LogP contribution is -2.46. The van der Waals surface area contributed by atoms with Crippen LogP contribution in [0.5, 0.6) is 0 Å². The molecule has 4 aromatic rings. The van der Waals surface area contributed by atoms with Gasteiger partial charge in [0.2, 0.25) is 0 Å². The lowest BCUT2D eigenvalue weighted by Gasteiger charge is -2.34. The molecule has 186 valence electrons. The summed E-state index contributed by atoms with van der Waals surface area (Å²) < 4.78 is 1.01. The number of fused-ring (bicyclic) bond motifs is 1. The molecule has 2 fully saturated rings. The highest BCUT2D eigenvalue weighted by molar-refractivity contribution is 7.22. The third kappa shape index (κ3) is 5.44. The zero-order chi connectivity index (χ0) is 24.3. The second-order valence-corrected chi connectivity index (χ2v) is 11.1. The van der Waals surface area contributed by atoms with Crippen LogP contribution in [0.25, 0.3) is 20.7 Å². The molecule has 36 heavy (non-hydrogen) atoms. The molecule has 2 aliphatic rings. The average Bonchev–Trinajstić information content (AvgIpc) is 3.63. The molecule has 0 amide bonds. The molecule has 1 atom stereocenters. The molecule has 3 heterocycles. The first-order valence-corrected chi connectivity index (χ1v) is 13.8. The summed E-state index contributed by atoms with van der Waals surface area (Å²) in [6, 6.07) is 20.9. The summed E-state index contributed by atoms with van der Waals surface area (Å²) in [7, 11) is 0. The minimum absolute atomic E-state index is 0.00916. The Morgan fingerprint density at radius 3 is 2.42 bits per heavy atom. The monoisotopic (exact) mass is 499 g/mol. The summed E-state index contributed by atoms with van der Waals surface area (Å²) >= 11 is 1.69. The first-order valence-electron chi connectivity index (χ1n) is 13.0. The van der Waals surface area contributed by atoms with Crippen LogP contribution in [-0.2, 0) is 6.54 Å². The fraction of sp³-hybridized carbons (Fsp3) is 0.379. The topological polar surface area (TPSA) is 64.5 Å². The standard InChI is InChI=1S/C29H33N5OS/c35-19-26(23-4-2-1-3-5-23)32-29-28-25(30-20-31-29)16-27(36-28)24-10-8-22(9-11-24)18-34-14-12-33(13-15-34)17-21-6-7-21/h1-5,8-11,16,20-21,26,35H,6-7,12-15,17-19H2,(H,30,31,32). The molecular weight excluding hydrogens is 466 g/mol. The number of nitrogens with zero attached hydrogens (tertiary/aromatic N) is 4. The van der Waals surface area contributed by atoms with Gasteiger partial charge in [-0.1, -0.05) is 54.6 Å². The lowest BCUT2D eigenvalue weighted by atomic mass is 10.1. The van der Waals surface area contributed by atoms with Crippen LogP contribution in [0.15, 0.2) is 67.0 Å². The van der Waals surface area contributed by atoms with Crippen LogP contribution in [0, 0.1) is 5.92 Å². The fourth-order valence-electron chi connectivity index (χ4n) is 5.01. The van der Waals surface area contributed by atoms with Gasteiger partial charge in [-0.15, -0.1) is 11.3 Å². The number of aliphatic hydroxyl groups is 1. The molecule has 0 bridgehead atoms. The van der Waals surface area contributed by atoms with Gasteiger partial charge in [-0.3, -0.25) is 4.90 Å². The largest absolute Gasteiger partial charge is 0.394 e. The number of hydrogen-bond acceptors (Lipinski definition) is 7. The number of aromatic nitrogens is 2. The van der Waals surface area contributed by atoms with Crippen molar-refractivity contribution in [2.24, 2.45) is 5.92 Å². The summed E-state index contributed by atoms with van der Waals surface area (Å²) in [5.41, 5.74) is 4.52. The minimum atomic E-state index is -0.218. The van der Waals surface area contributed by atoms with E-state index in [2.05, 4.69) is 55.4 Å². The Balaban J connectivity index is 1.13. The van der Waals surface area contributed by atoms with Gasteiger partial charge >= 0.3 is 0 Å². The van der Waals surface area contributed by atoms with E-state index < -0.39 is 0 Å². The molecule has 2 aromatic carbocycles. The van der Waals surface area contributed by atoms with Gasteiger partial charge in [-0.2, -0.15) is 0 Å². The van der Waals surface area contributed by atoms with Crippen LogP contribution in [-0.4, -0.2) is 64.2 Å². The van der Waals surface area contributed by atoms with Crippen molar-refractivity contribution in [1.82, 2.24) is 19.8 Å². The summed E-state index contributed by atoms with van der Waals surface area (Å²) in [6.07, 6.45) is 4.47. The smallest absolute Gasteiger partial charge is 0.148 e. The molecule has 1 saturated carbocycles. The first-order chi connectivity index (χ1) is 17.7. The highest BCUT2D eigenvalue weighted by Crippen LogP contribution is 2.37. The Bertz CT molecular complexity index is 1280. The Kier molecular flexibility index (Phi) is 6.96. The molecule has 0 radical (unpaired) electrons. The Labute approximate surface area is 216 Å². The number of nitrogens with one attached hydrogen (secondary N) is 1. The van der Waals surface area contributed by atoms with Gasteiger partial charge in [0, 0.05) is 44.1 Å². The third-order valence-corrected chi connectivity index (χ3v) is 8.51. The summed E-state index contributed by atoms with van der Waals surface area (Å²) in [4.78, 5) is 15.4. The predicted molar refractivity (Wildman–Crippen MR) is 147 cm³/mol. The van der Waals surface area contributed by atoms with Crippen molar-refractivity contribution in [3.63, 3.8) is 0 Å². The highest BCUT2D eigenvalue weighted by Gasteiger charge is 2.26. The molecule has 0 spiro atoms. The molecule has 6 rings (SSSR count). The number of benzene rings is 2. The number of rotatable bonds is 9. The van der Waals surface area contributed by atoms with Crippen molar-refractivity contribution in [1.29, 1.82) is 0 Å². The van der Waals surface area contributed by atoms with E-state index in [0.717, 1.165) is 47.2 Å². The van der Waals surface area contributed by atoms with Crippen LogP contribution in [0.3, 0.4) is 0 Å². The molecule has 6 nitrogen and oxygen atoms in total. The number of piperazine rings is 1. The van der Waals surface area contributed by atoms with Crippen LogP contribution in [0.4, 0.5) is 5.82 Å². The van der Waals surface area contributed by atoms with Crippen molar-refractivity contribution in [3.8, 4) is 10.4 Å². The van der Waals surface area contributed by atoms with E-state index in [4.69, 9.17) is 0 Å². The van der Waals surface area contributed by atoms with Crippen LogP contribution in [0.1, 0.15) is 30.0 Å². The minimum Gasteiger partial charge on any atom is -0.394 e. The van der Waals surface area contributed by atoms with Crippen LogP contribution >= 0.6 is 11.3 Å². The molecule has 2 N–H and O–H groups in total. The van der Waals surface area contributed by atoms with Crippen molar-refractivity contribution in [2.45, 2.75) is 25.4 Å². The predicted octanol–water partition coefficient (Wildman–Crippen LogP) is 5.03. The maximum atomic E-state index is 9.98. The van der Waals surface area contributed by atoms with E-state index in [1.807, 2.05) is 30.3 Å². The summed E-state index contributed by atoms with van der Waals surface area (Å²) in [5, 5.41) is 13.4. The van der Waals surface area contributed by atoms with Gasteiger partial charge in [0.25, 0.3) is 0 Å². The second kappa shape index (κ2) is 10.6. The normalized spacial score (nSPS) is 17.9. The van der Waals surface area contributed by atoms with Crippen molar-refractivity contribution in [3.05, 3.63) is 78.1 Å². The molecule has 2 aromatic heterocycles. The summed E-state index contributed by atoms with van der Waals surface area (Å²) in [6.45, 7) is 7.06. The highest BCUT2D eigenvalue weighted by atomic mass is 32.1. The fourth-order valence-corrected chi connectivity index (χ4v) is 6.08. The second-order valence-electron chi connectivity index (χ2n) is 10.1. The van der Waals surface area contributed by atoms with Gasteiger partial charge in [0.1, 0.15) is 12.1 Å². The van der Waals surface area contributed by atoms with Crippen LogP contribution in [0.2, 0.25) is 0 Å². The quantitative estimate of drug-likeness (QED) is 0.337. The van der Waals surface area contributed by atoms with Crippen molar-refractivity contribution in [2.75, 3.05) is 44.6 Å². The molecule has 1 unspecified atom stereocenters. The Hall–Kier alpha value is -2.84. The number of anilines is 1. The van der Waals surface area contributed by atoms with Crippen LogP contribution < -0.4 is 5.32 Å². The Morgan fingerprint density at radius 1 is 0.944 bits per heavy atom. The molecule has 1 saturated heterocycles. The van der Waals surface area contributed by atoms with Gasteiger partial charge in [-0.25, -0.2) is 9.97 Å². The van der Waals surface area contributed by atoms with Gasteiger partial charge in [0.05, 0.1) is 22.9 Å². The van der Waals surface area contributed by atoms with Gasteiger partial charge in [-0.05, 0) is 41.5 Å². The number of aliphatic hydroxyl groups excluding tert-OH is 1. The van der Waals surface area contributed by atoms with E-state index in [9.17, 15) is 5.11 Å². The van der Waals surface area contributed by atoms with E-state index in [1.54, 1.807) is 17.7 Å². The SMILES string of the molecule is OCC(Nc1ncnc2cc(-c3ccc(CN4CCN(CC5CC5)CC4)cc3)sc12)c1ccccc1. The van der Waals surface area contributed by atoms with Gasteiger partial charge < -0.3 is 15.3 Å². The van der Waals surface area contributed by atoms with Crippen molar-refractivity contribution < 1.29 is 5.11 Å². The molecule has 7 heteroatoms. The summed E-state index contributed by atoms with van der Waals surface area (Å²) in [5.74, 6) is 1.74. The zero-order valence-corrected chi connectivity index (χ0v) is 21.3. The Morgan fingerprint density at radius 2 is 1.69 bits per heavy atom. The lowest BCUT2D eigenvalue weighted by molar-refractivity contribution is 0.123. The van der Waals surface area contributed by atoms with E-state index >= 15 is 0 Å². The molecule has 1 aliphatic carbocycles. The maximum absolute atomic E-state index is 9.98.